The molecule has 0 unspecified atom stereocenters. The van der Waals surface area contributed by atoms with E-state index in [4.69, 9.17) is 4.74 Å². The molecule has 2 fully saturated rings. The Morgan fingerprint density at radius 3 is 2.67 bits per heavy atom. The van der Waals surface area contributed by atoms with E-state index in [9.17, 15) is 18.0 Å². The molecule has 8 heteroatoms. The number of ether oxygens (including phenoxy) is 1. The Bertz CT molecular complexity index is 834. The van der Waals surface area contributed by atoms with Crippen LogP contribution in [0.3, 0.4) is 0 Å². The minimum Gasteiger partial charge on any atom is -0.459 e. The predicted molar refractivity (Wildman–Crippen MR) is 93.4 cm³/mol. The Morgan fingerprint density at radius 2 is 2.00 bits per heavy atom. The van der Waals surface area contributed by atoms with Gasteiger partial charge in [-0.15, -0.1) is 0 Å². The number of piperidine rings is 2. The van der Waals surface area contributed by atoms with Crippen molar-refractivity contribution in [1.82, 2.24) is 14.5 Å². The molecule has 2 bridgehead atoms. The molecule has 146 valence electrons. The number of nitrogens with zero attached hydrogens (tertiary/aromatic N) is 3. The van der Waals surface area contributed by atoms with Gasteiger partial charge in [-0.1, -0.05) is 6.42 Å². The molecule has 4 heterocycles. The standard InChI is InChI=1S/C19H22F3N3O2/c1-24-12-4-2-5-13(24)9-14(8-12)27-18(26)16-10-25(11-19(20,21)22)17-15(16)6-3-7-23-17/h3,6-7,10,12-14H,2,4-5,8-9,11H2,1H3/t12-,13+,14+. The van der Waals surface area contributed by atoms with Crippen LogP contribution >= 0.6 is 0 Å². The van der Waals surface area contributed by atoms with Gasteiger partial charge in [0.15, 0.2) is 0 Å². The lowest BCUT2D eigenvalue weighted by molar-refractivity contribution is -0.140. The third kappa shape index (κ3) is 3.67. The van der Waals surface area contributed by atoms with Crippen LogP contribution in [0.25, 0.3) is 11.0 Å². The molecule has 4 rings (SSSR count). The topological polar surface area (TPSA) is 47.4 Å². The number of carbonyl (C=O) groups is 1. The Labute approximate surface area is 155 Å². The molecule has 2 aromatic heterocycles. The van der Waals surface area contributed by atoms with Crippen LogP contribution in [0.1, 0.15) is 42.5 Å². The first kappa shape index (κ1) is 18.3. The number of hydrogen-bond acceptors (Lipinski definition) is 4. The van der Waals surface area contributed by atoms with Gasteiger partial charge in [-0.3, -0.25) is 0 Å². The molecule has 0 radical (unpaired) electrons. The molecular weight excluding hydrogens is 359 g/mol. The van der Waals surface area contributed by atoms with Gasteiger partial charge in [0.2, 0.25) is 0 Å². The van der Waals surface area contributed by atoms with Crippen LogP contribution in [-0.4, -0.2) is 51.8 Å². The average Bonchev–Trinajstić information content (AvgIpc) is 2.93. The summed E-state index contributed by atoms with van der Waals surface area (Å²) < 4.78 is 45.2. The second-order valence-electron chi connectivity index (χ2n) is 7.56. The monoisotopic (exact) mass is 381 g/mol. The summed E-state index contributed by atoms with van der Waals surface area (Å²) in [6.07, 6.45) is 2.97. The number of aromatic nitrogens is 2. The van der Waals surface area contributed by atoms with E-state index in [-0.39, 0.29) is 17.3 Å². The lowest BCUT2D eigenvalue weighted by atomic mass is 9.83. The van der Waals surface area contributed by atoms with E-state index in [2.05, 4.69) is 16.9 Å². The van der Waals surface area contributed by atoms with Crippen molar-refractivity contribution in [3.63, 3.8) is 0 Å². The van der Waals surface area contributed by atoms with Crippen LogP contribution in [-0.2, 0) is 11.3 Å². The molecular formula is C19H22F3N3O2. The number of pyridine rings is 1. The number of hydrogen-bond donors (Lipinski definition) is 0. The summed E-state index contributed by atoms with van der Waals surface area (Å²) in [5.74, 6) is -0.568. The summed E-state index contributed by atoms with van der Waals surface area (Å²) in [7, 11) is 2.11. The Morgan fingerprint density at radius 1 is 1.30 bits per heavy atom. The molecule has 5 nitrogen and oxygen atoms in total. The Balaban J connectivity index is 1.56. The lowest BCUT2D eigenvalue weighted by Crippen LogP contribution is -2.52. The number of esters is 1. The van der Waals surface area contributed by atoms with E-state index in [1.165, 1.54) is 18.8 Å². The molecule has 0 spiro atoms. The van der Waals surface area contributed by atoms with Gasteiger partial charge in [-0.25, -0.2) is 9.78 Å². The number of rotatable bonds is 3. The molecule has 0 aromatic carbocycles. The first-order valence-corrected chi connectivity index (χ1v) is 9.25. The van der Waals surface area contributed by atoms with Crippen molar-refractivity contribution in [1.29, 1.82) is 0 Å². The number of alkyl halides is 3. The van der Waals surface area contributed by atoms with Gasteiger partial charge < -0.3 is 14.2 Å². The summed E-state index contributed by atoms with van der Waals surface area (Å²) in [6.45, 7) is -1.19. The fourth-order valence-corrected chi connectivity index (χ4v) is 4.48. The molecule has 27 heavy (non-hydrogen) atoms. The number of carbonyl (C=O) groups excluding carboxylic acids is 1. The summed E-state index contributed by atoms with van der Waals surface area (Å²) in [5.41, 5.74) is 0.286. The zero-order chi connectivity index (χ0) is 19.2. The molecule has 3 atom stereocenters. The van der Waals surface area contributed by atoms with E-state index < -0.39 is 18.7 Å². The maximum absolute atomic E-state index is 12.9. The van der Waals surface area contributed by atoms with E-state index >= 15 is 0 Å². The van der Waals surface area contributed by atoms with Crippen molar-refractivity contribution >= 4 is 17.0 Å². The summed E-state index contributed by atoms with van der Waals surface area (Å²) in [5, 5.41) is 0.389. The third-order valence-corrected chi connectivity index (χ3v) is 5.77. The molecule has 0 saturated carbocycles. The summed E-state index contributed by atoms with van der Waals surface area (Å²) in [6, 6.07) is 4.03. The quantitative estimate of drug-likeness (QED) is 0.760. The molecule has 0 aliphatic carbocycles. The van der Waals surface area contributed by atoms with Crippen molar-refractivity contribution < 1.29 is 22.7 Å². The Kier molecular flexibility index (Phi) is 4.61. The first-order chi connectivity index (χ1) is 12.8. The van der Waals surface area contributed by atoms with Crippen molar-refractivity contribution in [3.05, 3.63) is 30.1 Å². The zero-order valence-corrected chi connectivity index (χ0v) is 15.1. The van der Waals surface area contributed by atoms with E-state index in [1.54, 1.807) is 12.1 Å². The van der Waals surface area contributed by atoms with Crippen molar-refractivity contribution in [2.24, 2.45) is 0 Å². The van der Waals surface area contributed by atoms with E-state index in [0.29, 0.717) is 17.5 Å². The molecule has 0 amide bonds. The molecule has 2 aliphatic rings. The van der Waals surface area contributed by atoms with Gasteiger partial charge in [-0.05, 0) is 32.0 Å². The van der Waals surface area contributed by atoms with Gasteiger partial charge in [0.05, 0.1) is 5.56 Å². The van der Waals surface area contributed by atoms with Crippen LogP contribution in [0.5, 0.6) is 0 Å². The second kappa shape index (κ2) is 6.82. The van der Waals surface area contributed by atoms with Crippen molar-refractivity contribution in [3.8, 4) is 0 Å². The largest absolute Gasteiger partial charge is 0.459 e. The van der Waals surface area contributed by atoms with Crippen molar-refractivity contribution in [2.45, 2.75) is 63.0 Å². The lowest BCUT2D eigenvalue weighted by Gasteiger charge is -2.46. The van der Waals surface area contributed by atoms with Crippen LogP contribution in [0.2, 0.25) is 0 Å². The van der Waals surface area contributed by atoms with Gasteiger partial charge in [-0.2, -0.15) is 13.2 Å². The van der Waals surface area contributed by atoms with E-state index in [0.717, 1.165) is 30.3 Å². The minimum absolute atomic E-state index is 0.141. The van der Waals surface area contributed by atoms with Crippen LogP contribution in [0.15, 0.2) is 24.5 Å². The predicted octanol–water partition coefficient (Wildman–Crippen LogP) is 3.77. The first-order valence-electron chi connectivity index (χ1n) is 9.25. The van der Waals surface area contributed by atoms with Crippen LogP contribution < -0.4 is 0 Å². The normalized spacial score (nSPS) is 26.3. The number of fused-ring (bicyclic) bond motifs is 3. The third-order valence-electron chi connectivity index (χ3n) is 5.77. The minimum atomic E-state index is -4.39. The second-order valence-corrected chi connectivity index (χ2v) is 7.56. The summed E-state index contributed by atoms with van der Waals surface area (Å²) in [4.78, 5) is 19.1. The van der Waals surface area contributed by atoms with Gasteiger partial charge in [0.1, 0.15) is 18.3 Å². The van der Waals surface area contributed by atoms with Gasteiger partial charge in [0, 0.05) is 42.7 Å². The average molecular weight is 381 g/mol. The van der Waals surface area contributed by atoms with Crippen molar-refractivity contribution in [2.75, 3.05) is 7.05 Å². The fourth-order valence-electron chi connectivity index (χ4n) is 4.48. The highest BCUT2D eigenvalue weighted by molar-refractivity contribution is 6.03. The molecule has 0 N–H and O–H groups in total. The van der Waals surface area contributed by atoms with Gasteiger partial charge in [0.25, 0.3) is 0 Å². The van der Waals surface area contributed by atoms with Crippen LogP contribution in [0.4, 0.5) is 13.2 Å². The Hall–Kier alpha value is -2.09. The molecule has 2 aromatic rings. The highest BCUT2D eigenvalue weighted by atomic mass is 19.4. The van der Waals surface area contributed by atoms with E-state index in [1.807, 2.05) is 0 Å². The maximum Gasteiger partial charge on any atom is 0.406 e. The zero-order valence-electron chi connectivity index (χ0n) is 15.1. The number of halogens is 3. The van der Waals surface area contributed by atoms with Crippen LogP contribution in [0, 0.1) is 0 Å². The van der Waals surface area contributed by atoms with Gasteiger partial charge >= 0.3 is 12.1 Å². The molecule has 2 saturated heterocycles. The SMILES string of the molecule is CN1[C@@H]2CCC[C@H]1C[C@@H](OC(=O)c1cn(CC(F)(F)F)c3ncccc13)C2. The maximum atomic E-state index is 12.9. The smallest absolute Gasteiger partial charge is 0.406 e. The highest BCUT2D eigenvalue weighted by Crippen LogP contribution is 2.34. The molecule has 2 aliphatic heterocycles. The summed E-state index contributed by atoms with van der Waals surface area (Å²) >= 11 is 0. The fraction of sp³-hybridized carbons (Fsp3) is 0.579. The highest BCUT2D eigenvalue weighted by Gasteiger charge is 2.38.